The Balaban J connectivity index is 1.26. The molecule has 0 bridgehead atoms. The predicted molar refractivity (Wildman–Crippen MR) is 148 cm³/mol. The lowest BCUT2D eigenvalue weighted by molar-refractivity contribution is -0.119. The van der Waals surface area contributed by atoms with Gasteiger partial charge < -0.3 is 15.5 Å². The average Bonchev–Trinajstić information content (AvgIpc) is 2.92. The molecule has 0 spiro atoms. The van der Waals surface area contributed by atoms with E-state index in [0.717, 1.165) is 23.7 Å². The summed E-state index contributed by atoms with van der Waals surface area (Å²) in [6.45, 7) is 10.5. The minimum absolute atomic E-state index is 0.228. The van der Waals surface area contributed by atoms with Crippen molar-refractivity contribution >= 4 is 17.3 Å². The summed E-state index contributed by atoms with van der Waals surface area (Å²) < 4.78 is 0. The summed E-state index contributed by atoms with van der Waals surface area (Å²) in [6, 6.07) is 15.2. The monoisotopic (exact) mass is 475 g/mol. The molecular formula is C31H45N3O. The number of rotatable bonds is 6. The molecule has 2 N–H and O–H groups in total. The summed E-state index contributed by atoms with van der Waals surface area (Å²) in [4.78, 5) is 17.3. The number of anilines is 2. The van der Waals surface area contributed by atoms with Crippen LogP contribution in [0.25, 0.3) is 0 Å². The minimum Gasteiger partial charge on any atom is -0.399 e. The van der Waals surface area contributed by atoms with Crippen molar-refractivity contribution in [3.05, 3.63) is 59.2 Å². The van der Waals surface area contributed by atoms with Crippen molar-refractivity contribution in [3.63, 3.8) is 0 Å². The van der Waals surface area contributed by atoms with E-state index in [1.54, 1.807) is 0 Å². The molecule has 2 aliphatic rings. The normalized spacial score (nSPS) is 26.1. The van der Waals surface area contributed by atoms with E-state index < -0.39 is 0 Å². The first-order valence-corrected chi connectivity index (χ1v) is 13.8. The van der Waals surface area contributed by atoms with Crippen LogP contribution in [-0.2, 0) is 4.79 Å². The van der Waals surface area contributed by atoms with Crippen molar-refractivity contribution in [2.45, 2.75) is 77.6 Å². The van der Waals surface area contributed by atoms with Crippen LogP contribution >= 0.6 is 0 Å². The molecular weight excluding hydrogens is 430 g/mol. The van der Waals surface area contributed by atoms with Crippen LogP contribution in [0.15, 0.2) is 42.5 Å². The first-order chi connectivity index (χ1) is 16.8. The number of carbonyl (C=O) groups excluding carboxylic acids is 1. The number of hydrogen-bond acceptors (Lipinski definition) is 3. The van der Waals surface area contributed by atoms with E-state index in [-0.39, 0.29) is 5.91 Å². The molecule has 4 nitrogen and oxygen atoms in total. The van der Waals surface area contributed by atoms with Crippen molar-refractivity contribution < 1.29 is 4.79 Å². The van der Waals surface area contributed by atoms with E-state index in [0.29, 0.717) is 24.2 Å². The quantitative estimate of drug-likeness (QED) is 0.372. The Hall–Kier alpha value is -2.33. The average molecular weight is 476 g/mol. The van der Waals surface area contributed by atoms with E-state index in [9.17, 15) is 4.79 Å². The van der Waals surface area contributed by atoms with Crippen molar-refractivity contribution in [3.8, 4) is 0 Å². The number of hydrogen-bond donors (Lipinski definition) is 1. The van der Waals surface area contributed by atoms with Crippen molar-refractivity contribution in [1.82, 2.24) is 4.90 Å². The van der Waals surface area contributed by atoms with Crippen LogP contribution in [0.1, 0.15) is 87.3 Å². The Morgan fingerprint density at radius 1 is 1.00 bits per heavy atom. The van der Waals surface area contributed by atoms with Crippen molar-refractivity contribution in [2.75, 3.05) is 37.3 Å². The molecule has 4 rings (SSSR count). The highest BCUT2D eigenvalue weighted by molar-refractivity contribution is 5.95. The van der Waals surface area contributed by atoms with Crippen LogP contribution < -0.4 is 10.6 Å². The zero-order valence-corrected chi connectivity index (χ0v) is 22.3. The third-order valence-corrected chi connectivity index (χ3v) is 8.80. The van der Waals surface area contributed by atoms with Crippen LogP contribution in [0.4, 0.5) is 11.4 Å². The van der Waals surface area contributed by atoms with Crippen LogP contribution in [-0.4, -0.2) is 37.5 Å². The number of likely N-dealkylation sites (tertiary alicyclic amines) is 1. The van der Waals surface area contributed by atoms with Gasteiger partial charge in [0.25, 0.3) is 0 Å². The Kier molecular flexibility index (Phi) is 8.54. The molecule has 0 radical (unpaired) electrons. The first-order valence-electron chi connectivity index (χ1n) is 13.8. The van der Waals surface area contributed by atoms with Crippen LogP contribution in [0.3, 0.4) is 0 Å². The van der Waals surface area contributed by atoms with E-state index >= 15 is 0 Å². The van der Waals surface area contributed by atoms with Gasteiger partial charge in [-0.1, -0.05) is 50.1 Å². The minimum atomic E-state index is 0.228. The fraction of sp³-hybridized carbons (Fsp3) is 0.581. The molecule has 4 unspecified atom stereocenters. The third kappa shape index (κ3) is 6.27. The number of fused-ring (bicyclic) bond motifs is 1. The van der Waals surface area contributed by atoms with Gasteiger partial charge in [0, 0.05) is 24.8 Å². The fourth-order valence-corrected chi connectivity index (χ4v) is 6.31. The number of unbranched alkanes of at least 4 members (excludes halogenated alkanes) is 1. The maximum atomic E-state index is 12.8. The molecule has 2 heterocycles. The number of nitrogens with two attached hydrogens (primary N) is 1. The molecule has 0 aromatic heterocycles. The SMILES string of the molecule is Cc1ccc(C2CCCN(CCCCC3CC(=O)N(C)c4ccc(N)cc4C3C)CCC2C)cc1. The largest absolute Gasteiger partial charge is 0.399 e. The van der Waals surface area contributed by atoms with Gasteiger partial charge in [-0.2, -0.15) is 0 Å². The lowest BCUT2D eigenvalue weighted by atomic mass is 9.80. The molecule has 4 atom stereocenters. The van der Waals surface area contributed by atoms with Crippen molar-refractivity contribution in [1.29, 1.82) is 0 Å². The van der Waals surface area contributed by atoms with Gasteiger partial charge in [-0.3, -0.25) is 4.79 Å². The Morgan fingerprint density at radius 3 is 2.54 bits per heavy atom. The molecule has 1 amide bonds. The predicted octanol–water partition coefficient (Wildman–Crippen LogP) is 6.74. The van der Waals surface area contributed by atoms with Gasteiger partial charge in [0.15, 0.2) is 0 Å². The molecule has 4 heteroatoms. The number of amides is 1. The number of carbonyl (C=O) groups is 1. The highest BCUT2D eigenvalue weighted by Crippen LogP contribution is 2.40. The molecule has 35 heavy (non-hydrogen) atoms. The van der Waals surface area contributed by atoms with Gasteiger partial charge in [0.1, 0.15) is 0 Å². The Bertz CT molecular complexity index is 985. The zero-order valence-electron chi connectivity index (χ0n) is 22.3. The maximum absolute atomic E-state index is 12.8. The van der Waals surface area contributed by atoms with Gasteiger partial charge in [-0.25, -0.2) is 0 Å². The number of nitrogens with zero attached hydrogens (tertiary/aromatic N) is 2. The summed E-state index contributed by atoms with van der Waals surface area (Å²) >= 11 is 0. The molecule has 2 aromatic rings. The Labute approximate surface area is 212 Å². The molecule has 190 valence electrons. The summed E-state index contributed by atoms with van der Waals surface area (Å²) in [5.41, 5.74) is 12.0. The first kappa shape index (κ1) is 25.8. The standard InChI is InChI=1S/C31H45N3O/c1-22-10-12-25(13-11-22)28-9-7-18-34(19-16-23(28)2)17-6-5-8-26-20-31(35)33(4)30-15-14-27(32)21-29(30)24(26)3/h10-15,21,23-24,26,28H,5-9,16-20,32H2,1-4H3. The van der Waals surface area contributed by atoms with Crippen molar-refractivity contribution in [2.24, 2.45) is 11.8 Å². The van der Waals surface area contributed by atoms with Gasteiger partial charge in [0.2, 0.25) is 5.91 Å². The number of nitrogen functional groups attached to an aromatic ring is 1. The second kappa shape index (κ2) is 11.6. The van der Waals surface area contributed by atoms with Crippen LogP contribution in [0, 0.1) is 18.8 Å². The lowest BCUT2D eigenvalue weighted by Gasteiger charge is -2.32. The molecule has 0 saturated carbocycles. The highest BCUT2D eigenvalue weighted by Gasteiger charge is 2.31. The second-order valence-electron chi connectivity index (χ2n) is 11.3. The summed E-state index contributed by atoms with van der Waals surface area (Å²) in [5.74, 6) is 2.38. The smallest absolute Gasteiger partial charge is 0.227 e. The van der Waals surface area contributed by atoms with E-state index in [4.69, 9.17) is 5.73 Å². The maximum Gasteiger partial charge on any atom is 0.227 e. The summed E-state index contributed by atoms with van der Waals surface area (Å²) in [6.07, 6.45) is 7.98. The molecule has 2 aliphatic heterocycles. The molecule has 2 aromatic carbocycles. The lowest BCUT2D eigenvalue weighted by Crippen LogP contribution is -2.32. The number of benzene rings is 2. The highest BCUT2D eigenvalue weighted by atomic mass is 16.2. The van der Waals surface area contributed by atoms with Crippen LogP contribution in [0.5, 0.6) is 0 Å². The summed E-state index contributed by atoms with van der Waals surface area (Å²) in [7, 11) is 1.90. The zero-order chi connectivity index (χ0) is 24.9. The van der Waals surface area contributed by atoms with E-state index in [2.05, 4.69) is 56.0 Å². The third-order valence-electron chi connectivity index (χ3n) is 8.80. The van der Waals surface area contributed by atoms with Gasteiger partial charge in [0.05, 0.1) is 0 Å². The molecule has 1 saturated heterocycles. The van der Waals surface area contributed by atoms with E-state index in [1.807, 2.05) is 24.1 Å². The van der Waals surface area contributed by atoms with E-state index in [1.165, 1.54) is 68.4 Å². The Morgan fingerprint density at radius 2 is 1.77 bits per heavy atom. The number of aryl methyl sites for hydroxylation is 1. The molecule has 1 fully saturated rings. The topological polar surface area (TPSA) is 49.6 Å². The second-order valence-corrected chi connectivity index (χ2v) is 11.3. The summed E-state index contributed by atoms with van der Waals surface area (Å²) in [5, 5.41) is 0. The van der Waals surface area contributed by atoms with Crippen LogP contribution in [0.2, 0.25) is 0 Å². The van der Waals surface area contributed by atoms with Gasteiger partial charge in [-0.05, 0) is 112 Å². The van der Waals surface area contributed by atoms with Gasteiger partial charge >= 0.3 is 0 Å². The fourth-order valence-electron chi connectivity index (χ4n) is 6.31. The molecule has 0 aliphatic carbocycles. The van der Waals surface area contributed by atoms with Gasteiger partial charge in [-0.15, -0.1) is 0 Å².